The van der Waals surface area contributed by atoms with Crippen molar-refractivity contribution in [3.8, 4) is 0 Å². The highest BCUT2D eigenvalue weighted by Crippen LogP contribution is 2.07. The third-order valence-electron chi connectivity index (χ3n) is 2.46. The van der Waals surface area contributed by atoms with Crippen LogP contribution in [0, 0.1) is 0 Å². The van der Waals surface area contributed by atoms with E-state index in [2.05, 4.69) is 0 Å². The fourth-order valence-corrected chi connectivity index (χ4v) is 1.61. The summed E-state index contributed by atoms with van der Waals surface area (Å²) in [4.78, 5) is 23.8. The molecule has 1 saturated heterocycles. The molecule has 0 radical (unpaired) electrons. The number of cyclic esters (lactones) is 1. The number of hydrogen-bond acceptors (Lipinski definition) is 4. The molecular formula is C11H19NO4. The zero-order valence-electron chi connectivity index (χ0n) is 9.74. The molecular weight excluding hydrogens is 210 g/mol. The van der Waals surface area contributed by atoms with Crippen molar-refractivity contribution in [2.75, 3.05) is 26.3 Å². The molecule has 0 atom stereocenters. The quantitative estimate of drug-likeness (QED) is 0.491. The van der Waals surface area contributed by atoms with Crippen molar-refractivity contribution < 1.29 is 19.1 Å². The molecule has 1 heterocycles. The maximum absolute atomic E-state index is 11.1. The van der Waals surface area contributed by atoms with Gasteiger partial charge in [-0.1, -0.05) is 6.42 Å². The van der Waals surface area contributed by atoms with Crippen LogP contribution in [0.25, 0.3) is 0 Å². The molecule has 1 aliphatic rings. The van der Waals surface area contributed by atoms with Crippen LogP contribution in [0.15, 0.2) is 0 Å². The van der Waals surface area contributed by atoms with Gasteiger partial charge in [0.25, 0.3) is 0 Å². The Hall–Kier alpha value is -1.26. The number of carbonyl (C=O) groups excluding carboxylic acids is 2. The Morgan fingerprint density at radius 2 is 2.25 bits per heavy atom. The third-order valence-corrected chi connectivity index (χ3v) is 2.46. The summed E-state index contributed by atoms with van der Waals surface area (Å²) in [5, 5.41) is 0. The maximum Gasteiger partial charge on any atom is 0.409 e. The number of amides is 1. The van der Waals surface area contributed by atoms with Gasteiger partial charge in [0, 0.05) is 13.0 Å². The Bertz CT molecular complexity index is 242. The van der Waals surface area contributed by atoms with Gasteiger partial charge in [-0.05, 0) is 19.8 Å². The molecule has 16 heavy (non-hydrogen) atoms. The standard InChI is InChI=1S/C11H19NO4/c1-2-15-10(13)6-4-3-5-7-12-8-9-16-11(12)14/h2-9H2,1H3. The van der Waals surface area contributed by atoms with Gasteiger partial charge in [-0.2, -0.15) is 0 Å². The topological polar surface area (TPSA) is 55.8 Å². The first-order valence-corrected chi connectivity index (χ1v) is 5.81. The summed E-state index contributed by atoms with van der Waals surface area (Å²) in [6, 6.07) is 0. The Labute approximate surface area is 95.7 Å². The van der Waals surface area contributed by atoms with Crippen LogP contribution in [-0.4, -0.2) is 43.3 Å². The van der Waals surface area contributed by atoms with E-state index in [1.54, 1.807) is 11.8 Å². The van der Waals surface area contributed by atoms with Gasteiger partial charge in [0.15, 0.2) is 0 Å². The van der Waals surface area contributed by atoms with Crippen LogP contribution in [0.5, 0.6) is 0 Å². The summed E-state index contributed by atoms with van der Waals surface area (Å²) < 4.78 is 9.62. The van der Waals surface area contributed by atoms with Crippen molar-refractivity contribution in [1.29, 1.82) is 0 Å². The van der Waals surface area contributed by atoms with Crippen molar-refractivity contribution in [1.82, 2.24) is 4.90 Å². The number of esters is 1. The van der Waals surface area contributed by atoms with Gasteiger partial charge in [0.1, 0.15) is 6.61 Å². The minimum absolute atomic E-state index is 0.136. The molecule has 0 aliphatic carbocycles. The summed E-state index contributed by atoms with van der Waals surface area (Å²) in [5.41, 5.74) is 0. The van der Waals surface area contributed by atoms with Crippen LogP contribution < -0.4 is 0 Å². The Morgan fingerprint density at radius 1 is 1.44 bits per heavy atom. The van der Waals surface area contributed by atoms with E-state index in [0.717, 1.165) is 25.8 Å². The highest BCUT2D eigenvalue weighted by molar-refractivity contribution is 5.69. The molecule has 5 heteroatoms. The SMILES string of the molecule is CCOC(=O)CCCCCN1CCOC1=O. The van der Waals surface area contributed by atoms with Crippen molar-refractivity contribution in [2.24, 2.45) is 0 Å². The second-order valence-corrected chi connectivity index (χ2v) is 3.72. The number of rotatable bonds is 7. The lowest BCUT2D eigenvalue weighted by atomic mass is 10.2. The van der Waals surface area contributed by atoms with Crippen molar-refractivity contribution in [3.05, 3.63) is 0 Å². The van der Waals surface area contributed by atoms with E-state index in [9.17, 15) is 9.59 Å². The van der Waals surface area contributed by atoms with E-state index >= 15 is 0 Å². The number of carbonyl (C=O) groups is 2. The molecule has 5 nitrogen and oxygen atoms in total. The Morgan fingerprint density at radius 3 is 2.88 bits per heavy atom. The first-order valence-electron chi connectivity index (χ1n) is 5.81. The first-order chi connectivity index (χ1) is 7.74. The fourth-order valence-electron chi connectivity index (χ4n) is 1.61. The van der Waals surface area contributed by atoms with Gasteiger partial charge in [0.2, 0.25) is 0 Å². The van der Waals surface area contributed by atoms with Crippen LogP contribution in [0.1, 0.15) is 32.6 Å². The van der Waals surface area contributed by atoms with Crippen molar-refractivity contribution in [2.45, 2.75) is 32.6 Å². The fraction of sp³-hybridized carbons (Fsp3) is 0.818. The van der Waals surface area contributed by atoms with E-state index in [1.165, 1.54) is 0 Å². The molecule has 0 N–H and O–H groups in total. The largest absolute Gasteiger partial charge is 0.466 e. The van der Waals surface area contributed by atoms with Gasteiger partial charge < -0.3 is 14.4 Å². The first kappa shape index (κ1) is 12.8. The second-order valence-electron chi connectivity index (χ2n) is 3.72. The average molecular weight is 229 g/mol. The zero-order chi connectivity index (χ0) is 11.8. The smallest absolute Gasteiger partial charge is 0.409 e. The molecule has 92 valence electrons. The molecule has 1 aliphatic heterocycles. The molecule has 0 bridgehead atoms. The highest BCUT2D eigenvalue weighted by Gasteiger charge is 2.20. The van der Waals surface area contributed by atoms with E-state index in [-0.39, 0.29) is 12.1 Å². The summed E-state index contributed by atoms with van der Waals surface area (Å²) in [7, 11) is 0. The van der Waals surface area contributed by atoms with E-state index in [0.29, 0.717) is 26.2 Å². The van der Waals surface area contributed by atoms with E-state index in [4.69, 9.17) is 9.47 Å². The lowest BCUT2D eigenvalue weighted by molar-refractivity contribution is -0.143. The molecule has 0 unspecified atom stereocenters. The molecule has 0 aromatic rings. The second kappa shape index (κ2) is 7.09. The van der Waals surface area contributed by atoms with Crippen molar-refractivity contribution >= 4 is 12.1 Å². The van der Waals surface area contributed by atoms with Gasteiger partial charge in [-0.15, -0.1) is 0 Å². The third kappa shape index (κ3) is 4.51. The van der Waals surface area contributed by atoms with Gasteiger partial charge in [0.05, 0.1) is 13.2 Å². The summed E-state index contributed by atoms with van der Waals surface area (Å²) >= 11 is 0. The predicted octanol–water partition coefficient (Wildman–Crippen LogP) is 1.56. The normalized spacial score (nSPS) is 15.1. The van der Waals surface area contributed by atoms with E-state index < -0.39 is 0 Å². The summed E-state index contributed by atoms with van der Waals surface area (Å²) in [5.74, 6) is -0.136. The van der Waals surface area contributed by atoms with E-state index in [1.807, 2.05) is 0 Å². The number of hydrogen-bond donors (Lipinski definition) is 0. The minimum atomic E-state index is -0.217. The van der Waals surface area contributed by atoms with Crippen LogP contribution in [-0.2, 0) is 14.3 Å². The number of unbranched alkanes of at least 4 members (excludes halogenated alkanes) is 2. The Balaban J connectivity index is 1.95. The minimum Gasteiger partial charge on any atom is -0.466 e. The van der Waals surface area contributed by atoms with Gasteiger partial charge in [-0.3, -0.25) is 4.79 Å². The summed E-state index contributed by atoms with van der Waals surface area (Å²) in [6.45, 7) is 4.16. The average Bonchev–Trinajstić information content (AvgIpc) is 2.64. The number of ether oxygens (including phenoxy) is 2. The molecule has 1 fully saturated rings. The lowest BCUT2D eigenvalue weighted by Crippen LogP contribution is -2.25. The molecule has 0 saturated carbocycles. The maximum atomic E-state index is 11.1. The van der Waals surface area contributed by atoms with Gasteiger partial charge in [-0.25, -0.2) is 4.79 Å². The highest BCUT2D eigenvalue weighted by atomic mass is 16.6. The molecule has 1 amide bonds. The van der Waals surface area contributed by atoms with Crippen LogP contribution in [0.2, 0.25) is 0 Å². The zero-order valence-corrected chi connectivity index (χ0v) is 9.74. The van der Waals surface area contributed by atoms with Crippen LogP contribution in [0.4, 0.5) is 4.79 Å². The summed E-state index contributed by atoms with van der Waals surface area (Å²) in [6.07, 6.45) is 2.92. The molecule has 0 aromatic carbocycles. The molecule has 1 rings (SSSR count). The van der Waals surface area contributed by atoms with Crippen LogP contribution in [0.3, 0.4) is 0 Å². The van der Waals surface area contributed by atoms with Crippen LogP contribution >= 0.6 is 0 Å². The van der Waals surface area contributed by atoms with Gasteiger partial charge >= 0.3 is 12.1 Å². The van der Waals surface area contributed by atoms with Crippen molar-refractivity contribution in [3.63, 3.8) is 0 Å². The monoisotopic (exact) mass is 229 g/mol. The Kier molecular flexibility index (Phi) is 5.67. The predicted molar refractivity (Wildman–Crippen MR) is 58.0 cm³/mol. The lowest BCUT2D eigenvalue weighted by Gasteiger charge is -2.11. The molecule has 0 aromatic heterocycles. The molecule has 0 spiro atoms. The number of nitrogens with zero attached hydrogens (tertiary/aromatic N) is 1.